The highest BCUT2D eigenvalue weighted by Crippen LogP contribution is 2.28. The molecule has 136 valence electrons. The van der Waals surface area contributed by atoms with Crippen LogP contribution in [0.4, 0.5) is 14.5 Å². The van der Waals surface area contributed by atoms with Gasteiger partial charge in [-0.1, -0.05) is 24.3 Å². The Bertz CT molecular complexity index is 636. The number of nitrogens with zero attached hydrogens (tertiary/aromatic N) is 2. The molecule has 0 aromatic heterocycles. The van der Waals surface area contributed by atoms with Crippen LogP contribution in [0.25, 0.3) is 0 Å². The van der Waals surface area contributed by atoms with E-state index in [-0.39, 0.29) is 5.56 Å². The number of aliphatic imine (C=N–C) groups is 1. The predicted molar refractivity (Wildman–Crippen MR) is 100 cm³/mol. The lowest BCUT2D eigenvalue weighted by Gasteiger charge is -2.31. The third-order valence-corrected chi connectivity index (χ3v) is 3.96. The van der Waals surface area contributed by atoms with Gasteiger partial charge in [-0.15, -0.1) is 0 Å². The van der Waals surface area contributed by atoms with Crippen LogP contribution in [0, 0.1) is 0 Å². The zero-order chi connectivity index (χ0) is 18.3. The van der Waals surface area contributed by atoms with Crippen LogP contribution in [0.2, 0.25) is 0 Å². The van der Waals surface area contributed by atoms with Crippen LogP contribution < -0.4 is 10.6 Å². The van der Waals surface area contributed by atoms with Crippen molar-refractivity contribution >= 4 is 11.5 Å². The van der Waals surface area contributed by atoms with Crippen LogP contribution in [0.15, 0.2) is 53.3 Å². The molecule has 1 heterocycles. The van der Waals surface area contributed by atoms with Crippen molar-refractivity contribution in [2.45, 2.75) is 26.7 Å². The highest BCUT2D eigenvalue weighted by atomic mass is 19.3. The zero-order valence-electron chi connectivity index (χ0n) is 15.0. The van der Waals surface area contributed by atoms with Gasteiger partial charge in [0.05, 0.1) is 5.70 Å². The Kier molecular flexibility index (Phi) is 6.70. The summed E-state index contributed by atoms with van der Waals surface area (Å²) in [6.45, 7) is 8.32. The molecule has 0 radical (unpaired) electrons. The van der Waals surface area contributed by atoms with Crippen molar-refractivity contribution in [3.63, 3.8) is 0 Å². The highest BCUT2D eigenvalue weighted by molar-refractivity contribution is 6.01. The van der Waals surface area contributed by atoms with Crippen LogP contribution in [0.3, 0.4) is 0 Å². The van der Waals surface area contributed by atoms with E-state index in [2.05, 4.69) is 20.5 Å². The Hall–Kier alpha value is -2.21. The molecule has 1 aromatic carbocycles. The summed E-state index contributed by atoms with van der Waals surface area (Å²) >= 11 is 0. The van der Waals surface area contributed by atoms with Crippen molar-refractivity contribution in [3.05, 3.63) is 53.9 Å². The smallest absolute Gasteiger partial charge is 0.270 e. The second-order valence-corrected chi connectivity index (χ2v) is 5.97. The van der Waals surface area contributed by atoms with E-state index in [4.69, 9.17) is 0 Å². The maximum Gasteiger partial charge on any atom is 0.270 e. The minimum atomic E-state index is -2.83. The fourth-order valence-electron chi connectivity index (χ4n) is 2.60. The number of hydrogen-bond acceptors (Lipinski definition) is 3. The molecule has 1 aliphatic heterocycles. The van der Waals surface area contributed by atoms with Gasteiger partial charge in [0.25, 0.3) is 5.92 Å². The van der Waals surface area contributed by atoms with E-state index >= 15 is 0 Å². The average molecular weight is 348 g/mol. The largest absolute Gasteiger partial charge is 0.353 e. The summed E-state index contributed by atoms with van der Waals surface area (Å²) in [7, 11) is 0. The van der Waals surface area contributed by atoms with Gasteiger partial charge in [0, 0.05) is 50.6 Å². The summed E-state index contributed by atoms with van der Waals surface area (Å²) in [4.78, 5) is 6.79. The van der Waals surface area contributed by atoms with Crippen molar-refractivity contribution in [2.75, 3.05) is 31.5 Å². The highest BCUT2D eigenvalue weighted by Gasteiger charge is 2.24. The molecule has 1 aliphatic rings. The fraction of sp³-hybridized carbons (Fsp3) is 0.421. The van der Waals surface area contributed by atoms with Gasteiger partial charge in [0.1, 0.15) is 0 Å². The first-order chi connectivity index (χ1) is 12.0. The van der Waals surface area contributed by atoms with Gasteiger partial charge in [0.2, 0.25) is 0 Å². The standard InChI is InChI=1S/C19H26F2N4/c1-4-10-23-18(25-13-11-22-12-14-25)17(5-2)24-16-8-6-15(7-9-16)19(3,20)21/h4-10,22,24H,11-14H2,1-3H3/b10-4-,17-5?,23-18?. The van der Waals surface area contributed by atoms with Crippen LogP contribution in [-0.2, 0) is 5.92 Å². The summed E-state index contributed by atoms with van der Waals surface area (Å²) in [6.07, 6.45) is 5.60. The Labute approximate surface area is 148 Å². The Morgan fingerprint density at radius 2 is 1.84 bits per heavy atom. The molecule has 0 unspecified atom stereocenters. The Morgan fingerprint density at radius 1 is 1.20 bits per heavy atom. The van der Waals surface area contributed by atoms with Crippen molar-refractivity contribution < 1.29 is 8.78 Å². The molecule has 1 fully saturated rings. The van der Waals surface area contributed by atoms with E-state index in [0.717, 1.165) is 50.3 Å². The van der Waals surface area contributed by atoms with Crippen molar-refractivity contribution in [3.8, 4) is 0 Å². The van der Waals surface area contributed by atoms with Crippen molar-refractivity contribution in [2.24, 2.45) is 4.99 Å². The van der Waals surface area contributed by atoms with Crippen LogP contribution >= 0.6 is 0 Å². The normalized spacial score (nSPS) is 17.2. The zero-order valence-corrected chi connectivity index (χ0v) is 15.0. The molecule has 1 aromatic rings. The van der Waals surface area contributed by atoms with Gasteiger partial charge in [-0.3, -0.25) is 0 Å². The van der Waals surface area contributed by atoms with Crippen molar-refractivity contribution in [1.29, 1.82) is 0 Å². The molecular formula is C19H26F2N4. The third-order valence-electron chi connectivity index (χ3n) is 3.96. The maximum atomic E-state index is 13.4. The Balaban J connectivity index is 2.20. The molecule has 2 rings (SSSR count). The molecule has 4 nitrogen and oxygen atoms in total. The van der Waals surface area contributed by atoms with Gasteiger partial charge >= 0.3 is 0 Å². The molecule has 2 N–H and O–H groups in total. The van der Waals surface area contributed by atoms with Crippen molar-refractivity contribution in [1.82, 2.24) is 10.2 Å². The lowest BCUT2D eigenvalue weighted by molar-refractivity contribution is 0.0175. The maximum absolute atomic E-state index is 13.4. The number of amidine groups is 1. The first-order valence-electron chi connectivity index (χ1n) is 8.52. The molecule has 25 heavy (non-hydrogen) atoms. The van der Waals surface area contributed by atoms with Gasteiger partial charge < -0.3 is 15.5 Å². The van der Waals surface area contributed by atoms with E-state index in [9.17, 15) is 8.78 Å². The molecule has 0 amide bonds. The summed E-state index contributed by atoms with van der Waals surface area (Å²) in [5.74, 6) is -1.98. The summed E-state index contributed by atoms with van der Waals surface area (Å²) < 4.78 is 26.7. The molecule has 0 bridgehead atoms. The number of hydrogen-bond donors (Lipinski definition) is 2. The lowest BCUT2D eigenvalue weighted by atomic mass is 10.1. The SMILES string of the molecule is CC=C(Nc1ccc(C(C)(F)F)cc1)C(=N/C=C\C)N1CCNCC1. The quantitative estimate of drug-likeness (QED) is 0.625. The third kappa shape index (κ3) is 5.39. The topological polar surface area (TPSA) is 39.7 Å². The minimum Gasteiger partial charge on any atom is -0.353 e. The molecule has 6 heteroatoms. The lowest BCUT2D eigenvalue weighted by Crippen LogP contribution is -2.47. The summed E-state index contributed by atoms with van der Waals surface area (Å²) in [6, 6.07) is 6.23. The number of allylic oxidation sites excluding steroid dienone is 2. The monoisotopic (exact) mass is 348 g/mol. The number of alkyl halides is 2. The molecule has 0 spiro atoms. The Morgan fingerprint density at radius 3 is 2.36 bits per heavy atom. The molecule has 1 saturated heterocycles. The average Bonchev–Trinajstić information content (AvgIpc) is 2.61. The number of piperazine rings is 1. The number of anilines is 1. The number of rotatable bonds is 5. The first kappa shape index (κ1) is 19.1. The molecular weight excluding hydrogens is 322 g/mol. The van der Waals surface area contributed by atoms with E-state index in [1.165, 1.54) is 12.1 Å². The second-order valence-electron chi connectivity index (χ2n) is 5.97. The second kappa shape index (κ2) is 8.76. The summed E-state index contributed by atoms with van der Waals surface area (Å²) in [5, 5.41) is 6.63. The van der Waals surface area contributed by atoms with Crippen LogP contribution in [-0.4, -0.2) is 36.9 Å². The van der Waals surface area contributed by atoms with E-state index < -0.39 is 5.92 Å². The molecule has 0 aliphatic carbocycles. The number of nitrogens with one attached hydrogen (secondary N) is 2. The molecule has 0 atom stereocenters. The molecule has 0 saturated carbocycles. The van der Waals surface area contributed by atoms with Gasteiger partial charge in [-0.25, -0.2) is 13.8 Å². The summed E-state index contributed by atoms with van der Waals surface area (Å²) in [5.41, 5.74) is 1.62. The van der Waals surface area contributed by atoms with Crippen LogP contribution in [0.1, 0.15) is 26.3 Å². The van der Waals surface area contributed by atoms with Gasteiger partial charge in [-0.05, 0) is 26.0 Å². The number of benzene rings is 1. The van der Waals surface area contributed by atoms with E-state index in [0.29, 0.717) is 0 Å². The minimum absolute atomic E-state index is 0.00462. The fourth-order valence-corrected chi connectivity index (χ4v) is 2.60. The van der Waals surface area contributed by atoms with Crippen LogP contribution in [0.5, 0.6) is 0 Å². The predicted octanol–water partition coefficient (Wildman–Crippen LogP) is 3.95. The number of halogens is 2. The van der Waals surface area contributed by atoms with E-state index in [1.54, 1.807) is 18.3 Å². The van der Waals surface area contributed by atoms with Gasteiger partial charge in [-0.2, -0.15) is 0 Å². The van der Waals surface area contributed by atoms with E-state index in [1.807, 2.05) is 26.0 Å². The first-order valence-corrected chi connectivity index (χ1v) is 8.52. The van der Waals surface area contributed by atoms with Gasteiger partial charge in [0.15, 0.2) is 5.84 Å².